The van der Waals surface area contributed by atoms with Gasteiger partial charge in [-0.3, -0.25) is 0 Å². The number of methoxy groups -OCH3 is 2. The third-order valence-corrected chi connectivity index (χ3v) is 4.79. The van der Waals surface area contributed by atoms with Crippen molar-refractivity contribution in [2.75, 3.05) is 27.4 Å². The minimum absolute atomic E-state index is 0.139. The summed E-state index contributed by atoms with van der Waals surface area (Å²) in [4.78, 5) is 0. The molecule has 0 aromatic heterocycles. The lowest BCUT2D eigenvalue weighted by Gasteiger charge is -2.48. The van der Waals surface area contributed by atoms with E-state index in [0.717, 1.165) is 0 Å². The van der Waals surface area contributed by atoms with E-state index in [4.69, 9.17) is 23.7 Å². The van der Waals surface area contributed by atoms with Crippen molar-refractivity contribution in [1.82, 2.24) is 0 Å². The van der Waals surface area contributed by atoms with E-state index in [2.05, 4.69) is 0 Å². The van der Waals surface area contributed by atoms with E-state index >= 15 is 0 Å². The molecule has 5 N–H and O–H groups in total. The Balaban J connectivity index is 1.92. The highest BCUT2D eigenvalue weighted by molar-refractivity contribution is 5.53. The van der Waals surface area contributed by atoms with E-state index in [1.807, 2.05) is 0 Å². The number of benzene rings is 1. The normalized spacial score (nSPS) is 36.1. The molecule has 7 atom stereocenters. The van der Waals surface area contributed by atoms with E-state index in [1.165, 1.54) is 26.4 Å². The van der Waals surface area contributed by atoms with Gasteiger partial charge in [0.2, 0.25) is 5.75 Å². The standard InChI is InChI=1S/C17H24O10/c1-23-8-3-7(4-9(24-2)12(8)20)15-11(6-19)25-16-14(22)13(21)10(5-18)26-17(16)27-15/h3-4,10-11,13-22H,5-6H2,1-2H3/t10-,11+,13+,14-,15-,16+,17-/m0/s1. The topological polar surface area (TPSA) is 147 Å². The molecule has 2 aliphatic rings. The van der Waals surface area contributed by atoms with Crippen LogP contribution < -0.4 is 9.47 Å². The number of fused-ring (bicyclic) bond motifs is 1. The second kappa shape index (κ2) is 8.15. The second-order valence-electron chi connectivity index (χ2n) is 6.36. The molecule has 0 saturated carbocycles. The maximum atomic E-state index is 10.2. The van der Waals surface area contributed by atoms with Crippen molar-refractivity contribution in [1.29, 1.82) is 0 Å². The Labute approximate surface area is 155 Å². The van der Waals surface area contributed by atoms with E-state index in [9.17, 15) is 25.5 Å². The molecule has 27 heavy (non-hydrogen) atoms. The minimum Gasteiger partial charge on any atom is -0.502 e. The van der Waals surface area contributed by atoms with Crippen LogP contribution in [0.4, 0.5) is 0 Å². The molecule has 0 aliphatic carbocycles. The zero-order chi connectivity index (χ0) is 19.7. The predicted molar refractivity (Wildman–Crippen MR) is 88.5 cm³/mol. The number of rotatable bonds is 5. The van der Waals surface area contributed by atoms with Crippen molar-refractivity contribution in [2.45, 2.75) is 42.9 Å². The first-order chi connectivity index (χ1) is 12.9. The van der Waals surface area contributed by atoms with Crippen molar-refractivity contribution >= 4 is 0 Å². The number of phenols is 1. The molecular weight excluding hydrogens is 364 g/mol. The van der Waals surface area contributed by atoms with Crippen LogP contribution in [0.25, 0.3) is 0 Å². The monoisotopic (exact) mass is 388 g/mol. The van der Waals surface area contributed by atoms with Crippen LogP contribution in [0, 0.1) is 0 Å². The van der Waals surface area contributed by atoms with Gasteiger partial charge in [-0.25, -0.2) is 0 Å². The number of hydrogen-bond donors (Lipinski definition) is 5. The van der Waals surface area contributed by atoms with Gasteiger partial charge in [-0.2, -0.15) is 0 Å². The van der Waals surface area contributed by atoms with Gasteiger partial charge in [0.05, 0.1) is 27.4 Å². The Morgan fingerprint density at radius 3 is 2.00 bits per heavy atom. The number of aromatic hydroxyl groups is 1. The first-order valence-electron chi connectivity index (χ1n) is 8.44. The molecule has 152 valence electrons. The fourth-order valence-corrected chi connectivity index (χ4v) is 3.33. The summed E-state index contributed by atoms with van der Waals surface area (Å²) in [7, 11) is 2.76. The van der Waals surface area contributed by atoms with Crippen LogP contribution in [0.1, 0.15) is 11.7 Å². The van der Waals surface area contributed by atoms with E-state index in [-0.39, 0.29) is 17.2 Å². The molecule has 2 aliphatic heterocycles. The average molecular weight is 388 g/mol. The van der Waals surface area contributed by atoms with Crippen molar-refractivity contribution in [3.63, 3.8) is 0 Å². The smallest absolute Gasteiger partial charge is 0.200 e. The number of phenolic OH excluding ortho intramolecular Hbond substituents is 1. The largest absolute Gasteiger partial charge is 0.502 e. The molecule has 0 bridgehead atoms. The molecular formula is C17H24O10. The summed E-state index contributed by atoms with van der Waals surface area (Å²) in [5.74, 6) is 0.0896. The van der Waals surface area contributed by atoms with Gasteiger partial charge in [0.25, 0.3) is 0 Å². The Bertz CT molecular complexity index is 628. The van der Waals surface area contributed by atoms with Crippen LogP contribution in [-0.2, 0) is 14.2 Å². The lowest BCUT2D eigenvalue weighted by molar-refractivity contribution is -0.371. The molecule has 10 nitrogen and oxygen atoms in total. The molecule has 0 unspecified atom stereocenters. The lowest BCUT2D eigenvalue weighted by Crippen LogP contribution is -2.63. The molecule has 0 spiro atoms. The first-order valence-corrected chi connectivity index (χ1v) is 8.44. The zero-order valence-electron chi connectivity index (χ0n) is 14.9. The van der Waals surface area contributed by atoms with Crippen LogP contribution >= 0.6 is 0 Å². The third kappa shape index (κ3) is 3.57. The fraction of sp³-hybridized carbons (Fsp3) is 0.647. The minimum atomic E-state index is -1.36. The van der Waals surface area contributed by atoms with Crippen molar-refractivity contribution in [3.05, 3.63) is 17.7 Å². The number of ether oxygens (including phenoxy) is 5. The Hall–Kier alpha value is -1.66. The maximum absolute atomic E-state index is 10.2. The molecule has 0 radical (unpaired) electrons. The quantitative estimate of drug-likeness (QED) is 0.411. The van der Waals surface area contributed by atoms with Gasteiger partial charge < -0.3 is 49.2 Å². The summed E-state index contributed by atoms with van der Waals surface area (Å²) >= 11 is 0. The summed E-state index contributed by atoms with van der Waals surface area (Å²) in [5, 5.41) is 49.4. The molecule has 10 heteroatoms. The molecule has 0 amide bonds. The van der Waals surface area contributed by atoms with Gasteiger partial charge in [-0.15, -0.1) is 0 Å². The highest BCUT2D eigenvalue weighted by Gasteiger charge is 2.51. The summed E-state index contributed by atoms with van der Waals surface area (Å²) in [6.45, 7) is -0.953. The Morgan fingerprint density at radius 1 is 0.889 bits per heavy atom. The SMILES string of the molecule is COc1cc([C@@H]2O[C@@H]3O[C@@H](CO)[C@@H](O)[C@H](O)[C@H]3O[C@@H]2CO)cc(OC)c1O. The van der Waals surface area contributed by atoms with Crippen molar-refractivity contribution in [2.24, 2.45) is 0 Å². The lowest BCUT2D eigenvalue weighted by atomic mass is 9.95. The number of aliphatic hydroxyl groups excluding tert-OH is 4. The van der Waals surface area contributed by atoms with Gasteiger partial charge in [0, 0.05) is 0 Å². The van der Waals surface area contributed by atoms with Crippen LogP contribution in [-0.4, -0.2) is 89.8 Å². The summed E-state index contributed by atoms with van der Waals surface area (Å²) in [6, 6.07) is 3.01. The van der Waals surface area contributed by atoms with Gasteiger partial charge >= 0.3 is 0 Å². The van der Waals surface area contributed by atoms with Gasteiger partial charge in [0.1, 0.15) is 36.6 Å². The molecule has 1 aromatic rings. The molecule has 2 fully saturated rings. The van der Waals surface area contributed by atoms with E-state index in [0.29, 0.717) is 5.56 Å². The van der Waals surface area contributed by atoms with E-state index < -0.39 is 56.1 Å². The highest BCUT2D eigenvalue weighted by Crippen LogP contribution is 2.43. The van der Waals surface area contributed by atoms with Gasteiger partial charge in [-0.1, -0.05) is 0 Å². The van der Waals surface area contributed by atoms with Crippen LogP contribution in [0.2, 0.25) is 0 Å². The van der Waals surface area contributed by atoms with Crippen LogP contribution in [0.5, 0.6) is 17.2 Å². The van der Waals surface area contributed by atoms with Crippen molar-refractivity contribution in [3.8, 4) is 17.2 Å². The summed E-state index contributed by atoms with van der Waals surface area (Å²) < 4.78 is 27.4. The number of hydrogen-bond acceptors (Lipinski definition) is 10. The Morgan fingerprint density at radius 2 is 1.48 bits per heavy atom. The van der Waals surface area contributed by atoms with Crippen molar-refractivity contribution < 1.29 is 49.2 Å². The molecule has 2 heterocycles. The van der Waals surface area contributed by atoms with Gasteiger partial charge in [0.15, 0.2) is 17.8 Å². The number of aliphatic hydroxyl groups is 4. The third-order valence-electron chi connectivity index (χ3n) is 4.79. The molecule has 3 rings (SSSR count). The fourth-order valence-electron chi connectivity index (χ4n) is 3.33. The zero-order valence-corrected chi connectivity index (χ0v) is 14.9. The summed E-state index contributed by atoms with van der Waals surface area (Å²) in [5.41, 5.74) is 0.476. The van der Waals surface area contributed by atoms with Crippen LogP contribution in [0.15, 0.2) is 12.1 Å². The predicted octanol–water partition coefficient (Wildman–Crippen LogP) is -1.33. The average Bonchev–Trinajstić information content (AvgIpc) is 2.70. The maximum Gasteiger partial charge on any atom is 0.200 e. The first kappa shape index (κ1) is 20.1. The Kier molecular flexibility index (Phi) is 6.06. The molecule has 2 saturated heterocycles. The second-order valence-corrected chi connectivity index (χ2v) is 6.36. The highest BCUT2D eigenvalue weighted by atomic mass is 16.7. The van der Waals surface area contributed by atoms with Crippen LogP contribution in [0.3, 0.4) is 0 Å². The molecule has 1 aromatic carbocycles. The van der Waals surface area contributed by atoms with Gasteiger partial charge in [-0.05, 0) is 17.7 Å². The van der Waals surface area contributed by atoms with E-state index in [1.54, 1.807) is 0 Å². The summed E-state index contributed by atoms with van der Waals surface area (Å²) in [6.07, 6.45) is -7.62.